The highest BCUT2D eigenvalue weighted by molar-refractivity contribution is 5.41. The van der Waals surface area contributed by atoms with E-state index in [4.69, 9.17) is 4.74 Å². The fraction of sp³-hybridized carbons (Fsp3) is 0.652. The Balaban J connectivity index is 1.39. The van der Waals surface area contributed by atoms with E-state index in [1.165, 1.54) is 11.1 Å². The van der Waals surface area contributed by atoms with Gasteiger partial charge in [0, 0.05) is 45.5 Å². The molecule has 1 aromatic heterocycles. The molecule has 0 atom stereocenters. The number of aryl methyl sites for hydroxylation is 3. The van der Waals surface area contributed by atoms with E-state index in [0.717, 1.165) is 70.0 Å². The number of benzene rings is 1. The van der Waals surface area contributed by atoms with Crippen LogP contribution in [0.5, 0.6) is 5.75 Å². The quantitative estimate of drug-likeness (QED) is 0.656. The molecule has 2 aromatic rings. The van der Waals surface area contributed by atoms with Gasteiger partial charge in [-0.1, -0.05) is 43.7 Å². The minimum Gasteiger partial charge on any atom is -0.493 e. The van der Waals surface area contributed by atoms with Gasteiger partial charge in [-0.25, -0.2) is 0 Å². The van der Waals surface area contributed by atoms with Crippen LogP contribution in [0.25, 0.3) is 0 Å². The topological polar surface area (TPSA) is 55.2 Å². The number of piperazine rings is 1. The van der Waals surface area contributed by atoms with Crippen LogP contribution in [0.15, 0.2) is 24.4 Å². The maximum atomic E-state index is 6.11. The lowest BCUT2D eigenvalue weighted by atomic mass is 9.85. The first-order valence-corrected chi connectivity index (χ1v) is 11.0. The summed E-state index contributed by atoms with van der Waals surface area (Å²) in [4.78, 5) is 2.52. The van der Waals surface area contributed by atoms with Gasteiger partial charge in [-0.15, -0.1) is 5.10 Å². The molecular formula is C23H37N5O. The lowest BCUT2D eigenvalue weighted by Crippen LogP contribution is -2.43. The van der Waals surface area contributed by atoms with Crippen molar-refractivity contribution in [1.82, 2.24) is 25.2 Å². The molecule has 1 N–H and O–H groups in total. The van der Waals surface area contributed by atoms with Crippen LogP contribution in [0.1, 0.15) is 50.4 Å². The highest BCUT2D eigenvalue weighted by Crippen LogP contribution is 2.32. The normalized spacial score (nSPS) is 15.6. The van der Waals surface area contributed by atoms with Crippen LogP contribution in [0.4, 0.5) is 0 Å². The van der Waals surface area contributed by atoms with Gasteiger partial charge >= 0.3 is 0 Å². The maximum absolute atomic E-state index is 6.11. The van der Waals surface area contributed by atoms with E-state index in [2.05, 4.69) is 72.6 Å². The third-order valence-electron chi connectivity index (χ3n) is 5.44. The van der Waals surface area contributed by atoms with Gasteiger partial charge in [0.1, 0.15) is 5.75 Å². The largest absolute Gasteiger partial charge is 0.493 e. The maximum Gasteiger partial charge on any atom is 0.123 e. The molecule has 1 aliphatic rings. The van der Waals surface area contributed by atoms with E-state index in [1.54, 1.807) is 0 Å². The van der Waals surface area contributed by atoms with Crippen LogP contribution < -0.4 is 10.1 Å². The predicted octanol–water partition coefficient (Wildman–Crippen LogP) is 3.19. The van der Waals surface area contributed by atoms with Crippen LogP contribution in [0, 0.1) is 6.92 Å². The smallest absolute Gasteiger partial charge is 0.123 e. The van der Waals surface area contributed by atoms with Crippen molar-refractivity contribution in [2.24, 2.45) is 0 Å². The fourth-order valence-corrected chi connectivity index (χ4v) is 3.74. The lowest BCUT2D eigenvalue weighted by Gasteiger charge is -2.26. The van der Waals surface area contributed by atoms with Crippen LogP contribution in [-0.4, -0.2) is 59.2 Å². The Kier molecular flexibility index (Phi) is 7.67. The van der Waals surface area contributed by atoms with Crippen molar-refractivity contribution >= 4 is 0 Å². The van der Waals surface area contributed by atoms with Crippen molar-refractivity contribution in [3.8, 4) is 5.75 Å². The summed E-state index contributed by atoms with van der Waals surface area (Å²) in [5, 5.41) is 12.0. The number of rotatable bonds is 9. The summed E-state index contributed by atoms with van der Waals surface area (Å²) in [5.41, 5.74) is 3.67. The lowest BCUT2D eigenvalue weighted by molar-refractivity contribution is 0.233. The third-order valence-corrected chi connectivity index (χ3v) is 5.44. The number of ether oxygens (including phenoxy) is 1. The summed E-state index contributed by atoms with van der Waals surface area (Å²) in [5.74, 6) is 1.000. The molecule has 29 heavy (non-hydrogen) atoms. The number of nitrogens with zero attached hydrogens (tertiary/aromatic N) is 4. The molecule has 0 spiro atoms. The molecule has 0 amide bonds. The molecule has 1 saturated heterocycles. The molecule has 0 aliphatic carbocycles. The van der Waals surface area contributed by atoms with Crippen LogP contribution >= 0.6 is 0 Å². The second-order valence-electron chi connectivity index (χ2n) is 9.12. The van der Waals surface area contributed by atoms with E-state index in [1.807, 2.05) is 4.68 Å². The van der Waals surface area contributed by atoms with Crippen molar-refractivity contribution in [3.63, 3.8) is 0 Å². The molecule has 1 aliphatic heterocycles. The van der Waals surface area contributed by atoms with Gasteiger partial charge in [-0.05, 0) is 43.2 Å². The SMILES string of the molecule is Cc1ccc(OCCCc2cn(CCCN3CCNCC3)nn2)c(C(C)(C)C)c1. The van der Waals surface area contributed by atoms with Gasteiger partial charge in [0.15, 0.2) is 0 Å². The third kappa shape index (κ3) is 6.82. The summed E-state index contributed by atoms with van der Waals surface area (Å²) < 4.78 is 8.10. The van der Waals surface area contributed by atoms with Gasteiger partial charge in [0.05, 0.1) is 12.3 Å². The van der Waals surface area contributed by atoms with Crippen LogP contribution in [0.3, 0.4) is 0 Å². The molecule has 0 bridgehead atoms. The summed E-state index contributed by atoms with van der Waals surface area (Å²) in [6.07, 6.45) is 5.05. The molecule has 6 nitrogen and oxygen atoms in total. The molecular weight excluding hydrogens is 362 g/mol. The number of hydrogen-bond donors (Lipinski definition) is 1. The average molecular weight is 400 g/mol. The number of aromatic nitrogens is 3. The Morgan fingerprint density at radius 1 is 1.10 bits per heavy atom. The van der Waals surface area contributed by atoms with Gasteiger partial charge < -0.3 is 15.0 Å². The molecule has 6 heteroatoms. The zero-order valence-electron chi connectivity index (χ0n) is 18.6. The highest BCUT2D eigenvalue weighted by atomic mass is 16.5. The van der Waals surface area contributed by atoms with Crippen molar-refractivity contribution in [3.05, 3.63) is 41.2 Å². The molecule has 1 fully saturated rings. The summed E-state index contributed by atoms with van der Waals surface area (Å²) in [7, 11) is 0. The Morgan fingerprint density at radius 2 is 1.90 bits per heavy atom. The first kappa shape index (κ1) is 21.8. The predicted molar refractivity (Wildman–Crippen MR) is 118 cm³/mol. The van der Waals surface area contributed by atoms with Gasteiger partial charge in [0.25, 0.3) is 0 Å². The number of hydrogen-bond acceptors (Lipinski definition) is 5. The van der Waals surface area contributed by atoms with Crippen molar-refractivity contribution in [2.75, 3.05) is 39.3 Å². The zero-order chi connectivity index (χ0) is 20.7. The monoisotopic (exact) mass is 399 g/mol. The van der Waals surface area contributed by atoms with E-state index >= 15 is 0 Å². The van der Waals surface area contributed by atoms with Gasteiger partial charge in [-0.3, -0.25) is 4.68 Å². The summed E-state index contributed by atoms with van der Waals surface area (Å²) in [6, 6.07) is 6.46. The van der Waals surface area contributed by atoms with Crippen molar-refractivity contribution in [1.29, 1.82) is 0 Å². The Morgan fingerprint density at radius 3 is 2.66 bits per heavy atom. The summed E-state index contributed by atoms with van der Waals surface area (Å²) in [6.45, 7) is 16.1. The first-order chi connectivity index (χ1) is 13.9. The number of nitrogens with one attached hydrogen (secondary N) is 1. The van der Waals surface area contributed by atoms with Gasteiger partial charge in [0.2, 0.25) is 0 Å². The van der Waals surface area contributed by atoms with Gasteiger partial charge in [-0.2, -0.15) is 0 Å². The molecule has 1 aromatic carbocycles. The Labute approximate surface area is 175 Å². The second-order valence-corrected chi connectivity index (χ2v) is 9.12. The molecule has 0 unspecified atom stereocenters. The minimum absolute atomic E-state index is 0.0781. The van der Waals surface area contributed by atoms with Crippen molar-refractivity contribution < 1.29 is 4.74 Å². The average Bonchev–Trinajstić information content (AvgIpc) is 3.14. The van der Waals surface area contributed by atoms with Crippen LogP contribution in [0.2, 0.25) is 0 Å². The standard InChI is InChI=1S/C23H37N5O/c1-19-8-9-22(21(17-19)23(2,3)4)29-16-5-7-20-18-28(26-25-20)13-6-12-27-14-10-24-11-15-27/h8-9,17-18,24H,5-7,10-16H2,1-4H3. The van der Waals surface area contributed by atoms with E-state index in [9.17, 15) is 0 Å². The van der Waals surface area contributed by atoms with E-state index in [-0.39, 0.29) is 5.41 Å². The first-order valence-electron chi connectivity index (χ1n) is 11.0. The molecule has 2 heterocycles. The summed E-state index contributed by atoms with van der Waals surface area (Å²) >= 11 is 0. The fourth-order valence-electron chi connectivity index (χ4n) is 3.74. The minimum atomic E-state index is 0.0781. The highest BCUT2D eigenvalue weighted by Gasteiger charge is 2.19. The molecule has 3 rings (SSSR count). The van der Waals surface area contributed by atoms with Crippen LogP contribution in [-0.2, 0) is 18.4 Å². The zero-order valence-corrected chi connectivity index (χ0v) is 18.6. The Bertz CT molecular complexity index is 759. The Hall–Kier alpha value is -1.92. The molecule has 160 valence electrons. The van der Waals surface area contributed by atoms with E-state index in [0.29, 0.717) is 6.61 Å². The molecule has 0 radical (unpaired) electrons. The molecule has 0 saturated carbocycles. The van der Waals surface area contributed by atoms with Crippen molar-refractivity contribution in [2.45, 2.75) is 58.9 Å². The van der Waals surface area contributed by atoms with E-state index < -0.39 is 0 Å². The second kappa shape index (κ2) is 10.2.